The van der Waals surface area contributed by atoms with Crippen LogP contribution in [0.25, 0.3) is 0 Å². The van der Waals surface area contributed by atoms with Crippen LogP contribution in [0.15, 0.2) is 30.6 Å². The summed E-state index contributed by atoms with van der Waals surface area (Å²) in [6.45, 7) is 2.02. The van der Waals surface area contributed by atoms with Gasteiger partial charge in [0, 0.05) is 35.9 Å². The van der Waals surface area contributed by atoms with Crippen molar-refractivity contribution in [3.05, 3.63) is 36.4 Å². The normalized spacial score (nSPS) is 12.1. The predicted octanol–water partition coefficient (Wildman–Crippen LogP) is 2.17. The summed E-state index contributed by atoms with van der Waals surface area (Å²) in [5.41, 5.74) is 7.36. The number of hydrogen-bond donors (Lipinski definition) is 3. The Balaban J connectivity index is 2.15. The summed E-state index contributed by atoms with van der Waals surface area (Å²) in [5.74, 6) is 1.62. The number of benzene rings is 1. The minimum absolute atomic E-state index is 0.0801. The zero-order chi connectivity index (χ0) is 12.3. The molecule has 1 atom stereocenters. The minimum atomic E-state index is 0.0801. The van der Waals surface area contributed by atoms with Crippen LogP contribution in [0.2, 0.25) is 0 Å². The molecule has 0 aliphatic carbocycles. The fourth-order valence-corrected chi connectivity index (χ4v) is 1.66. The molecule has 2 rings (SSSR count). The van der Waals surface area contributed by atoms with Crippen molar-refractivity contribution in [3.8, 4) is 5.75 Å². The van der Waals surface area contributed by atoms with Crippen molar-refractivity contribution in [2.45, 2.75) is 13.0 Å². The van der Waals surface area contributed by atoms with Crippen molar-refractivity contribution in [2.24, 2.45) is 0 Å². The Labute approximate surface area is 100 Å². The summed E-state index contributed by atoms with van der Waals surface area (Å²) in [7, 11) is 1.62. The molecule has 0 fully saturated rings. The second-order valence-electron chi connectivity index (χ2n) is 3.84. The van der Waals surface area contributed by atoms with E-state index in [1.165, 1.54) is 0 Å². The van der Waals surface area contributed by atoms with Crippen LogP contribution in [-0.4, -0.2) is 17.1 Å². The predicted molar refractivity (Wildman–Crippen MR) is 68.0 cm³/mol. The summed E-state index contributed by atoms with van der Waals surface area (Å²) in [5, 5.41) is 3.31. The van der Waals surface area contributed by atoms with Gasteiger partial charge in [-0.05, 0) is 13.0 Å². The third-order valence-corrected chi connectivity index (χ3v) is 2.48. The van der Waals surface area contributed by atoms with Crippen LogP contribution in [0.3, 0.4) is 0 Å². The van der Waals surface area contributed by atoms with Gasteiger partial charge >= 0.3 is 0 Å². The molecule has 90 valence electrons. The summed E-state index contributed by atoms with van der Waals surface area (Å²) in [4.78, 5) is 7.26. The topological polar surface area (TPSA) is 76.0 Å². The maximum absolute atomic E-state index is 5.79. The third-order valence-electron chi connectivity index (χ3n) is 2.48. The Morgan fingerprint density at radius 3 is 2.88 bits per heavy atom. The first-order valence-corrected chi connectivity index (χ1v) is 5.39. The lowest BCUT2D eigenvalue weighted by Gasteiger charge is -2.14. The highest BCUT2D eigenvalue weighted by molar-refractivity contribution is 5.59. The molecule has 4 N–H and O–H groups in total. The largest absolute Gasteiger partial charge is 0.497 e. The van der Waals surface area contributed by atoms with Crippen molar-refractivity contribution in [3.63, 3.8) is 0 Å². The number of imidazole rings is 1. The lowest BCUT2D eigenvalue weighted by atomic mass is 10.2. The molecule has 2 aromatic rings. The zero-order valence-corrected chi connectivity index (χ0v) is 9.90. The molecule has 17 heavy (non-hydrogen) atoms. The molecule has 0 aliphatic heterocycles. The number of nitrogens with two attached hydrogens (primary N) is 1. The van der Waals surface area contributed by atoms with Gasteiger partial charge in [0.15, 0.2) is 0 Å². The molecular formula is C12H16N4O. The van der Waals surface area contributed by atoms with Crippen LogP contribution in [-0.2, 0) is 0 Å². The number of methoxy groups -OCH3 is 1. The van der Waals surface area contributed by atoms with Gasteiger partial charge in [0.25, 0.3) is 0 Å². The lowest BCUT2D eigenvalue weighted by molar-refractivity contribution is 0.415. The van der Waals surface area contributed by atoms with Gasteiger partial charge in [-0.1, -0.05) is 0 Å². The Morgan fingerprint density at radius 1 is 1.41 bits per heavy atom. The fourth-order valence-electron chi connectivity index (χ4n) is 1.66. The van der Waals surface area contributed by atoms with Crippen LogP contribution in [0.4, 0.5) is 11.4 Å². The number of nitrogens with one attached hydrogen (secondary N) is 2. The van der Waals surface area contributed by atoms with Crippen LogP contribution in [0, 0.1) is 0 Å². The smallest absolute Gasteiger partial charge is 0.128 e. The SMILES string of the molecule is COc1cc(N)cc(NC(C)c2ncc[nH]2)c1. The highest BCUT2D eigenvalue weighted by Crippen LogP contribution is 2.24. The number of nitrogen functional groups attached to an aromatic ring is 1. The zero-order valence-electron chi connectivity index (χ0n) is 9.90. The first-order chi connectivity index (χ1) is 8.19. The van der Waals surface area contributed by atoms with E-state index in [4.69, 9.17) is 10.5 Å². The third kappa shape index (κ3) is 2.69. The number of aromatic amines is 1. The quantitative estimate of drug-likeness (QED) is 0.706. The van der Waals surface area contributed by atoms with Gasteiger partial charge in [-0.2, -0.15) is 0 Å². The summed E-state index contributed by atoms with van der Waals surface area (Å²) < 4.78 is 5.16. The average molecular weight is 232 g/mol. The Hall–Kier alpha value is -2.17. The van der Waals surface area contributed by atoms with E-state index in [9.17, 15) is 0 Å². The van der Waals surface area contributed by atoms with E-state index in [0.29, 0.717) is 5.69 Å². The molecule has 0 saturated carbocycles. The maximum Gasteiger partial charge on any atom is 0.128 e. The van der Waals surface area contributed by atoms with E-state index in [2.05, 4.69) is 15.3 Å². The van der Waals surface area contributed by atoms with Gasteiger partial charge in [0.1, 0.15) is 11.6 Å². The molecule has 1 aromatic carbocycles. The van der Waals surface area contributed by atoms with Gasteiger partial charge in [-0.3, -0.25) is 0 Å². The molecule has 0 radical (unpaired) electrons. The first-order valence-electron chi connectivity index (χ1n) is 5.39. The first kappa shape index (κ1) is 11.3. The molecule has 0 amide bonds. The molecular weight excluding hydrogens is 216 g/mol. The van der Waals surface area contributed by atoms with E-state index in [-0.39, 0.29) is 6.04 Å². The van der Waals surface area contributed by atoms with E-state index >= 15 is 0 Å². The molecule has 0 saturated heterocycles. The average Bonchev–Trinajstić information content (AvgIpc) is 2.81. The van der Waals surface area contributed by atoms with Gasteiger partial charge in [0.05, 0.1) is 13.2 Å². The summed E-state index contributed by atoms with van der Waals surface area (Å²) in [6, 6.07) is 5.62. The van der Waals surface area contributed by atoms with Crippen molar-refractivity contribution in [1.82, 2.24) is 9.97 Å². The van der Waals surface area contributed by atoms with Crippen LogP contribution in [0.1, 0.15) is 18.8 Å². The molecule has 5 nitrogen and oxygen atoms in total. The Kier molecular flexibility index (Phi) is 3.18. The molecule has 0 bridgehead atoms. The number of anilines is 2. The molecule has 5 heteroatoms. The number of nitrogens with zero attached hydrogens (tertiary/aromatic N) is 1. The van der Waals surface area contributed by atoms with Gasteiger partial charge < -0.3 is 20.8 Å². The van der Waals surface area contributed by atoms with Crippen LogP contribution in [0.5, 0.6) is 5.75 Å². The second-order valence-corrected chi connectivity index (χ2v) is 3.84. The fraction of sp³-hybridized carbons (Fsp3) is 0.250. The number of H-pyrrole nitrogens is 1. The molecule has 0 spiro atoms. The molecule has 0 aliphatic rings. The van der Waals surface area contributed by atoms with Crippen molar-refractivity contribution in [2.75, 3.05) is 18.2 Å². The monoisotopic (exact) mass is 232 g/mol. The van der Waals surface area contributed by atoms with E-state index in [1.807, 2.05) is 19.1 Å². The highest BCUT2D eigenvalue weighted by Gasteiger charge is 2.08. The number of hydrogen-bond acceptors (Lipinski definition) is 4. The van der Waals surface area contributed by atoms with Gasteiger partial charge in [-0.25, -0.2) is 4.98 Å². The second kappa shape index (κ2) is 4.78. The highest BCUT2D eigenvalue weighted by atomic mass is 16.5. The van der Waals surface area contributed by atoms with Crippen molar-refractivity contribution >= 4 is 11.4 Å². The minimum Gasteiger partial charge on any atom is -0.497 e. The lowest BCUT2D eigenvalue weighted by Crippen LogP contribution is -2.08. The standard InChI is InChI=1S/C12H16N4O/c1-8(12-14-3-4-15-12)16-10-5-9(13)6-11(7-10)17-2/h3-8,16H,13H2,1-2H3,(H,14,15). The van der Waals surface area contributed by atoms with Crippen molar-refractivity contribution < 1.29 is 4.74 Å². The summed E-state index contributed by atoms with van der Waals surface area (Å²) in [6.07, 6.45) is 3.53. The van der Waals surface area contributed by atoms with Crippen LogP contribution < -0.4 is 15.8 Å². The maximum atomic E-state index is 5.79. The molecule has 1 unspecified atom stereocenters. The number of ether oxygens (including phenoxy) is 1. The van der Waals surface area contributed by atoms with E-state index < -0.39 is 0 Å². The van der Waals surface area contributed by atoms with Crippen molar-refractivity contribution in [1.29, 1.82) is 0 Å². The molecule has 1 aromatic heterocycles. The number of aromatic nitrogens is 2. The molecule has 1 heterocycles. The van der Waals surface area contributed by atoms with Gasteiger partial charge in [-0.15, -0.1) is 0 Å². The van der Waals surface area contributed by atoms with Crippen LogP contribution >= 0.6 is 0 Å². The Morgan fingerprint density at radius 2 is 2.24 bits per heavy atom. The number of rotatable bonds is 4. The summed E-state index contributed by atoms with van der Waals surface area (Å²) >= 11 is 0. The van der Waals surface area contributed by atoms with Gasteiger partial charge in [0.2, 0.25) is 0 Å². The van der Waals surface area contributed by atoms with E-state index in [0.717, 1.165) is 17.3 Å². The van der Waals surface area contributed by atoms with E-state index in [1.54, 1.807) is 25.6 Å². The Bertz CT molecular complexity index is 481.